The summed E-state index contributed by atoms with van der Waals surface area (Å²) in [6.45, 7) is 0. The molecule has 0 aromatic heterocycles. The van der Waals surface area contributed by atoms with E-state index in [9.17, 15) is 22.8 Å². The minimum Gasteiger partial charge on any atom is -0.481 e. The van der Waals surface area contributed by atoms with E-state index in [0.29, 0.717) is 12.0 Å². The summed E-state index contributed by atoms with van der Waals surface area (Å²) in [5.74, 6) is -1.16. The molecule has 1 aromatic rings. The predicted octanol–water partition coefficient (Wildman–Crippen LogP) is 1.97. The Balaban J connectivity index is 2.93. The number of carboxylic acids is 1. The number of aliphatic carboxylic acids is 1. The number of carbonyl (C=O) groups is 2. The van der Waals surface area contributed by atoms with Crippen LogP contribution in [0.1, 0.15) is 23.6 Å². The first-order chi connectivity index (χ1) is 8.34. The van der Waals surface area contributed by atoms with Gasteiger partial charge in [-0.05, 0) is 17.7 Å². The summed E-state index contributed by atoms with van der Waals surface area (Å²) in [5.41, 5.74) is -0.524. The molecular weight excluding hydrogens is 251 g/mol. The minimum atomic E-state index is -4.45. The molecule has 1 rings (SSSR count). The lowest BCUT2D eigenvalue weighted by Crippen LogP contribution is -2.22. The summed E-state index contributed by atoms with van der Waals surface area (Å²) >= 11 is 0. The quantitative estimate of drug-likeness (QED) is 0.796. The SMILES string of the molecule is O=CNC(CC(=O)O)c1ccc(C(F)(F)F)cc1. The normalized spacial score (nSPS) is 12.8. The Morgan fingerprint density at radius 3 is 2.28 bits per heavy atom. The fourth-order valence-electron chi connectivity index (χ4n) is 1.43. The Hall–Kier alpha value is -2.05. The molecular formula is C11H10F3NO3. The van der Waals surface area contributed by atoms with Crippen molar-refractivity contribution in [2.75, 3.05) is 0 Å². The van der Waals surface area contributed by atoms with Crippen molar-refractivity contribution in [3.63, 3.8) is 0 Å². The Labute approximate surface area is 100 Å². The van der Waals surface area contributed by atoms with Crippen LogP contribution < -0.4 is 5.32 Å². The molecule has 0 heterocycles. The number of carboxylic acid groups (broad SMARTS) is 1. The zero-order valence-corrected chi connectivity index (χ0v) is 9.07. The van der Waals surface area contributed by atoms with Gasteiger partial charge in [-0.25, -0.2) is 0 Å². The van der Waals surface area contributed by atoms with Crippen molar-refractivity contribution in [2.45, 2.75) is 18.6 Å². The van der Waals surface area contributed by atoms with Gasteiger partial charge in [-0.15, -0.1) is 0 Å². The summed E-state index contributed by atoms with van der Waals surface area (Å²) in [7, 11) is 0. The third kappa shape index (κ3) is 3.76. The average Bonchev–Trinajstić information content (AvgIpc) is 2.27. The number of alkyl halides is 3. The van der Waals surface area contributed by atoms with Gasteiger partial charge in [0, 0.05) is 0 Å². The van der Waals surface area contributed by atoms with E-state index < -0.39 is 30.2 Å². The molecule has 7 heteroatoms. The number of carbonyl (C=O) groups excluding carboxylic acids is 1. The van der Waals surface area contributed by atoms with Crippen LogP contribution in [0.15, 0.2) is 24.3 Å². The largest absolute Gasteiger partial charge is 0.481 e. The molecule has 0 spiro atoms. The molecule has 1 amide bonds. The Morgan fingerprint density at radius 1 is 1.33 bits per heavy atom. The van der Waals surface area contributed by atoms with Gasteiger partial charge in [-0.2, -0.15) is 13.2 Å². The second-order valence-corrected chi connectivity index (χ2v) is 3.55. The topological polar surface area (TPSA) is 66.4 Å². The van der Waals surface area contributed by atoms with Crippen molar-refractivity contribution >= 4 is 12.4 Å². The van der Waals surface area contributed by atoms with Gasteiger partial charge in [0.05, 0.1) is 18.0 Å². The summed E-state index contributed by atoms with van der Waals surface area (Å²) in [6.07, 6.45) is -4.53. The molecule has 0 aliphatic rings. The van der Waals surface area contributed by atoms with Crippen LogP contribution in [0.2, 0.25) is 0 Å². The van der Waals surface area contributed by atoms with Crippen LogP contribution in [0.5, 0.6) is 0 Å². The molecule has 0 fully saturated rings. The Morgan fingerprint density at radius 2 is 1.89 bits per heavy atom. The van der Waals surface area contributed by atoms with Gasteiger partial charge in [0.2, 0.25) is 6.41 Å². The number of benzene rings is 1. The van der Waals surface area contributed by atoms with Gasteiger partial charge in [0.1, 0.15) is 0 Å². The summed E-state index contributed by atoms with van der Waals surface area (Å²) in [6, 6.07) is 3.13. The summed E-state index contributed by atoms with van der Waals surface area (Å²) in [4.78, 5) is 20.9. The number of hydrogen-bond acceptors (Lipinski definition) is 2. The highest BCUT2D eigenvalue weighted by atomic mass is 19.4. The van der Waals surface area contributed by atoms with Gasteiger partial charge >= 0.3 is 12.1 Å². The lowest BCUT2D eigenvalue weighted by atomic mass is 10.0. The monoisotopic (exact) mass is 261 g/mol. The molecule has 0 saturated heterocycles. The molecule has 98 valence electrons. The van der Waals surface area contributed by atoms with Crippen LogP contribution >= 0.6 is 0 Å². The van der Waals surface area contributed by atoms with E-state index in [4.69, 9.17) is 5.11 Å². The maximum Gasteiger partial charge on any atom is 0.416 e. The van der Waals surface area contributed by atoms with Crippen molar-refractivity contribution in [1.82, 2.24) is 5.32 Å². The van der Waals surface area contributed by atoms with Crippen LogP contribution in [0.4, 0.5) is 13.2 Å². The zero-order chi connectivity index (χ0) is 13.8. The highest BCUT2D eigenvalue weighted by Crippen LogP contribution is 2.30. The fourth-order valence-corrected chi connectivity index (χ4v) is 1.43. The Bertz CT molecular complexity index is 428. The molecule has 18 heavy (non-hydrogen) atoms. The maximum absolute atomic E-state index is 12.3. The lowest BCUT2D eigenvalue weighted by Gasteiger charge is -2.15. The summed E-state index contributed by atoms with van der Waals surface area (Å²) < 4.78 is 36.9. The van der Waals surface area contributed by atoms with E-state index in [1.807, 2.05) is 0 Å². The molecule has 0 radical (unpaired) electrons. The predicted molar refractivity (Wildman–Crippen MR) is 55.6 cm³/mol. The van der Waals surface area contributed by atoms with Crippen LogP contribution in [0.25, 0.3) is 0 Å². The zero-order valence-electron chi connectivity index (χ0n) is 9.07. The highest BCUT2D eigenvalue weighted by molar-refractivity contribution is 5.68. The average molecular weight is 261 g/mol. The molecule has 1 atom stereocenters. The molecule has 1 aromatic carbocycles. The van der Waals surface area contributed by atoms with Crippen LogP contribution in [0, 0.1) is 0 Å². The number of hydrogen-bond donors (Lipinski definition) is 2. The van der Waals surface area contributed by atoms with Crippen LogP contribution in [0.3, 0.4) is 0 Å². The standard InChI is InChI=1S/C11H10F3NO3/c12-11(13,14)8-3-1-7(2-4-8)9(15-6-16)5-10(17)18/h1-4,6,9H,5H2,(H,15,16)(H,17,18). The first kappa shape index (κ1) is 14.0. The van der Waals surface area contributed by atoms with Gasteiger partial charge < -0.3 is 10.4 Å². The first-order valence-corrected chi connectivity index (χ1v) is 4.93. The van der Waals surface area contributed by atoms with E-state index >= 15 is 0 Å². The van der Waals surface area contributed by atoms with Gasteiger partial charge in [-0.1, -0.05) is 12.1 Å². The van der Waals surface area contributed by atoms with Crippen LogP contribution in [-0.2, 0) is 15.8 Å². The molecule has 2 N–H and O–H groups in total. The summed E-state index contributed by atoms with van der Waals surface area (Å²) in [5, 5.41) is 10.9. The van der Waals surface area contributed by atoms with Crippen molar-refractivity contribution in [1.29, 1.82) is 0 Å². The second-order valence-electron chi connectivity index (χ2n) is 3.55. The van der Waals surface area contributed by atoms with Crippen molar-refractivity contribution in [2.24, 2.45) is 0 Å². The van der Waals surface area contributed by atoms with Crippen molar-refractivity contribution in [3.8, 4) is 0 Å². The van der Waals surface area contributed by atoms with Gasteiger partial charge in [-0.3, -0.25) is 9.59 Å². The van der Waals surface area contributed by atoms with Gasteiger partial charge in [0.15, 0.2) is 0 Å². The third-order valence-electron chi connectivity index (χ3n) is 2.29. The molecule has 0 bridgehead atoms. The lowest BCUT2D eigenvalue weighted by molar-refractivity contribution is -0.138. The number of amides is 1. The number of halogens is 3. The Kier molecular flexibility index (Phi) is 4.30. The molecule has 1 unspecified atom stereocenters. The van der Waals surface area contributed by atoms with Crippen LogP contribution in [-0.4, -0.2) is 17.5 Å². The molecule has 0 saturated carbocycles. The van der Waals surface area contributed by atoms with E-state index in [1.165, 1.54) is 0 Å². The molecule has 4 nitrogen and oxygen atoms in total. The molecule has 0 aliphatic carbocycles. The second kappa shape index (κ2) is 5.52. The number of rotatable bonds is 5. The third-order valence-corrected chi connectivity index (χ3v) is 2.29. The van der Waals surface area contributed by atoms with Gasteiger partial charge in [0.25, 0.3) is 0 Å². The minimum absolute atomic E-state index is 0.303. The maximum atomic E-state index is 12.3. The van der Waals surface area contributed by atoms with Crippen molar-refractivity contribution in [3.05, 3.63) is 35.4 Å². The first-order valence-electron chi connectivity index (χ1n) is 4.93. The van der Waals surface area contributed by atoms with E-state index in [0.717, 1.165) is 24.3 Å². The van der Waals surface area contributed by atoms with E-state index in [-0.39, 0.29) is 0 Å². The fraction of sp³-hybridized carbons (Fsp3) is 0.273. The van der Waals surface area contributed by atoms with E-state index in [2.05, 4.69) is 5.32 Å². The molecule has 0 aliphatic heterocycles. The van der Waals surface area contributed by atoms with E-state index in [1.54, 1.807) is 0 Å². The smallest absolute Gasteiger partial charge is 0.416 e. The highest BCUT2D eigenvalue weighted by Gasteiger charge is 2.30. The van der Waals surface area contributed by atoms with Crippen molar-refractivity contribution < 1.29 is 27.9 Å². The number of nitrogens with one attached hydrogen (secondary N) is 1.